The van der Waals surface area contributed by atoms with Gasteiger partial charge in [0.1, 0.15) is 49.3 Å². The lowest BCUT2D eigenvalue weighted by Crippen LogP contribution is -2.58. The molecule has 14 nitrogen and oxygen atoms in total. The molecule has 0 saturated carbocycles. The topological polar surface area (TPSA) is 177 Å². The molecule has 0 radical (unpaired) electrons. The van der Waals surface area contributed by atoms with E-state index in [1.54, 1.807) is 98.8 Å². The summed E-state index contributed by atoms with van der Waals surface area (Å²) in [6.45, 7) is 10.7. The van der Waals surface area contributed by atoms with Gasteiger partial charge < -0.3 is 35.0 Å². The number of carbonyl (C=O) groups excluding carboxylic acids is 4. The highest BCUT2D eigenvalue weighted by Gasteiger charge is 2.50. The number of benzene rings is 3. The molecule has 1 aromatic heterocycles. The number of ether oxygens (including phenoxy) is 2. The lowest BCUT2D eigenvalue weighted by Gasteiger charge is -2.35. The van der Waals surface area contributed by atoms with E-state index < -0.39 is 46.9 Å². The van der Waals surface area contributed by atoms with Crippen LogP contribution < -0.4 is 25.2 Å². The van der Waals surface area contributed by atoms with Crippen LogP contribution in [0.4, 0.5) is 11.4 Å². The average molecular weight is 935 g/mol. The van der Waals surface area contributed by atoms with E-state index in [0.717, 1.165) is 21.7 Å². The molecule has 0 aliphatic carbocycles. The summed E-state index contributed by atoms with van der Waals surface area (Å²) in [5.74, 6) is 9.73. The number of nitrogens with one attached hydrogen (secondary N) is 2. The fraction of sp³-hybridized carbons (Fsp3) is 0.354. The molecular formula is C48H48ClN7O7S2. The third kappa shape index (κ3) is 11.3. The summed E-state index contributed by atoms with van der Waals surface area (Å²) in [6, 6.07) is 19.7. The van der Waals surface area contributed by atoms with E-state index in [2.05, 4.69) is 39.3 Å². The van der Waals surface area contributed by atoms with Gasteiger partial charge in [0.15, 0.2) is 5.11 Å². The first kappa shape index (κ1) is 48.1. The molecule has 3 heterocycles. The number of anilines is 2. The number of likely N-dealkylation sites (tertiary alicyclic amines) is 1. The van der Waals surface area contributed by atoms with Crippen LogP contribution in [0.3, 0.4) is 0 Å². The summed E-state index contributed by atoms with van der Waals surface area (Å²) >= 11 is 13.5. The molecule has 2 aliphatic rings. The van der Waals surface area contributed by atoms with E-state index in [4.69, 9.17) is 33.3 Å². The van der Waals surface area contributed by atoms with Crippen LogP contribution in [0.15, 0.2) is 72.2 Å². The number of aliphatic hydroxyl groups excluding tert-OH is 1. The van der Waals surface area contributed by atoms with Crippen molar-refractivity contribution >= 4 is 75.3 Å². The van der Waals surface area contributed by atoms with Gasteiger partial charge in [-0.15, -0.1) is 11.3 Å². The molecule has 4 aromatic rings. The Morgan fingerprint density at radius 2 is 1.72 bits per heavy atom. The second kappa shape index (κ2) is 20.7. The Balaban J connectivity index is 0.943. The Labute approximate surface area is 392 Å². The van der Waals surface area contributed by atoms with Gasteiger partial charge in [0.2, 0.25) is 17.7 Å². The summed E-state index contributed by atoms with van der Waals surface area (Å²) in [5, 5.41) is 25.9. The van der Waals surface area contributed by atoms with E-state index in [0.29, 0.717) is 22.7 Å². The van der Waals surface area contributed by atoms with E-state index in [9.17, 15) is 29.5 Å². The van der Waals surface area contributed by atoms with Crippen molar-refractivity contribution in [2.75, 3.05) is 36.2 Å². The first-order valence-electron chi connectivity index (χ1n) is 20.6. The summed E-state index contributed by atoms with van der Waals surface area (Å²) in [5.41, 5.74) is 4.36. The molecule has 2 fully saturated rings. The Kier molecular flexibility index (Phi) is 15.3. The Hall–Kier alpha value is -6.32. The minimum absolute atomic E-state index is 0.0392. The lowest BCUT2D eigenvalue weighted by molar-refractivity contribution is -0.144. The van der Waals surface area contributed by atoms with Gasteiger partial charge in [-0.05, 0) is 110 Å². The van der Waals surface area contributed by atoms with Gasteiger partial charge >= 0.3 is 0 Å². The van der Waals surface area contributed by atoms with Crippen LogP contribution in [-0.2, 0) is 30.5 Å². The summed E-state index contributed by atoms with van der Waals surface area (Å²) in [6.07, 6.45) is -0.818. The molecule has 0 spiro atoms. The normalized spacial score (nSPS) is 17.1. The number of thiazole rings is 1. The first-order chi connectivity index (χ1) is 30.9. The van der Waals surface area contributed by atoms with Crippen molar-refractivity contribution in [2.24, 2.45) is 5.41 Å². The van der Waals surface area contributed by atoms with Gasteiger partial charge in [0.05, 0.1) is 38.5 Å². The third-order valence-corrected chi connectivity index (χ3v) is 12.4. The number of β-amino-alcohol motifs (C(OH)–C–C–N with tert-alkyl or cyclic N) is 1. The molecule has 6 rings (SSSR count). The number of carbonyl (C=O) groups is 4. The number of thiocarbonyl (C=S) groups is 1. The number of aryl methyl sites for hydroxylation is 1. The largest absolute Gasteiger partial charge is 0.481 e. The standard InChI is InChI=1S/C48H48ClN7O7S2/c1-30-41(65-29-52-30)32-13-11-31(12-14-32)26-51-43(59)39-24-36(57)27-54(39)44(60)42(47(2,3)4)53-40(58)28-62-21-9-7-8-10-22-63-37-19-17-34(18-20-37)56-46(64)55(45(61)48(56,5)6)35-16-15-33(25-50)38(49)23-35/h11-20,23,29,36,39,42,57H,21-22,24,26-28H2,1-6H3,(H,51,59)(H,53,58)/t36-,39+,42-/m1/s1. The van der Waals surface area contributed by atoms with E-state index in [-0.39, 0.29) is 55.4 Å². The minimum atomic E-state index is -1.01. The maximum atomic E-state index is 13.9. The van der Waals surface area contributed by atoms with Crippen LogP contribution >= 0.6 is 35.2 Å². The quantitative estimate of drug-likeness (QED) is 0.0843. The van der Waals surface area contributed by atoms with E-state index in [1.807, 2.05) is 37.3 Å². The van der Waals surface area contributed by atoms with Gasteiger partial charge in [-0.3, -0.25) is 24.1 Å². The molecule has 4 amide bonds. The Morgan fingerprint density at radius 1 is 1.05 bits per heavy atom. The molecule has 17 heteroatoms. The predicted octanol–water partition coefficient (Wildman–Crippen LogP) is 5.77. The summed E-state index contributed by atoms with van der Waals surface area (Å²) < 4.78 is 11.2. The highest BCUT2D eigenvalue weighted by molar-refractivity contribution is 7.81. The van der Waals surface area contributed by atoms with Crippen molar-refractivity contribution in [2.45, 2.75) is 78.2 Å². The van der Waals surface area contributed by atoms with Gasteiger partial charge in [0.25, 0.3) is 5.91 Å². The molecule has 0 unspecified atom stereocenters. The van der Waals surface area contributed by atoms with E-state index in [1.165, 1.54) is 9.80 Å². The van der Waals surface area contributed by atoms with Gasteiger partial charge in [-0.2, -0.15) is 5.26 Å². The lowest BCUT2D eigenvalue weighted by atomic mass is 9.85. The molecule has 0 bridgehead atoms. The molecule has 65 heavy (non-hydrogen) atoms. The van der Waals surface area contributed by atoms with Crippen molar-refractivity contribution in [3.63, 3.8) is 0 Å². The fourth-order valence-electron chi connectivity index (χ4n) is 7.34. The highest BCUT2D eigenvalue weighted by Crippen LogP contribution is 2.38. The number of aromatic nitrogens is 1. The van der Waals surface area contributed by atoms with Crippen molar-refractivity contribution in [3.8, 4) is 45.9 Å². The number of aliphatic hydroxyl groups is 1. The number of nitrogens with zero attached hydrogens (tertiary/aromatic N) is 5. The number of hydrogen-bond acceptors (Lipinski definition) is 11. The molecule has 2 aliphatic heterocycles. The third-order valence-electron chi connectivity index (χ3n) is 10.8. The van der Waals surface area contributed by atoms with Gasteiger partial charge in [-0.1, -0.05) is 62.6 Å². The number of nitriles is 1. The van der Waals surface area contributed by atoms with Crippen molar-refractivity contribution in [1.82, 2.24) is 20.5 Å². The number of amides is 4. The summed E-state index contributed by atoms with van der Waals surface area (Å²) in [4.78, 5) is 63.7. The van der Waals surface area contributed by atoms with Crippen LogP contribution in [0.1, 0.15) is 57.9 Å². The predicted molar refractivity (Wildman–Crippen MR) is 253 cm³/mol. The van der Waals surface area contributed by atoms with Crippen LogP contribution in [0.25, 0.3) is 10.4 Å². The Morgan fingerprint density at radius 3 is 2.35 bits per heavy atom. The van der Waals surface area contributed by atoms with Crippen LogP contribution in [-0.4, -0.2) is 93.8 Å². The zero-order chi connectivity index (χ0) is 47.1. The molecular weight excluding hydrogens is 886 g/mol. The maximum absolute atomic E-state index is 13.9. The zero-order valence-electron chi connectivity index (χ0n) is 36.7. The van der Waals surface area contributed by atoms with Crippen molar-refractivity contribution < 1.29 is 33.8 Å². The first-order valence-corrected chi connectivity index (χ1v) is 22.3. The SMILES string of the molecule is Cc1ncsc1-c1ccc(CNC(=O)[C@@H]2C[C@@H](O)CN2C(=O)[C@@H](NC(=O)COCC#CC#CCOc2ccc(N3C(=S)N(c4ccc(C#N)c(Cl)c4)C(=O)C3(C)C)cc2)C(C)(C)C)cc1. The van der Waals surface area contributed by atoms with Crippen molar-refractivity contribution in [1.29, 1.82) is 5.26 Å². The number of halogens is 1. The maximum Gasteiger partial charge on any atom is 0.259 e. The van der Waals surface area contributed by atoms with Crippen LogP contribution in [0, 0.1) is 47.4 Å². The monoisotopic (exact) mass is 933 g/mol. The second-order valence-electron chi connectivity index (χ2n) is 16.9. The molecule has 2 saturated heterocycles. The smallest absolute Gasteiger partial charge is 0.259 e. The fourth-order valence-corrected chi connectivity index (χ4v) is 8.89. The van der Waals surface area contributed by atoms with Crippen LogP contribution in [0.5, 0.6) is 5.75 Å². The van der Waals surface area contributed by atoms with Gasteiger partial charge in [-0.25, -0.2) is 4.98 Å². The number of rotatable bonds is 13. The minimum Gasteiger partial charge on any atom is -0.481 e. The number of hydrogen-bond donors (Lipinski definition) is 3. The zero-order valence-corrected chi connectivity index (χ0v) is 39.1. The Bertz CT molecular complexity index is 2630. The average Bonchev–Trinajstić information content (AvgIpc) is 3.93. The summed E-state index contributed by atoms with van der Waals surface area (Å²) in [7, 11) is 0. The van der Waals surface area contributed by atoms with E-state index >= 15 is 0 Å². The highest BCUT2D eigenvalue weighted by atomic mass is 35.5. The molecule has 3 N–H and O–H groups in total. The molecule has 336 valence electrons. The van der Waals surface area contributed by atoms with Crippen molar-refractivity contribution in [3.05, 3.63) is 94.1 Å². The van der Waals surface area contributed by atoms with Crippen LogP contribution in [0.2, 0.25) is 5.02 Å². The molecule has 3 aromatic carbocycles. The molecule has 3 atom stereocenters. The van der Waals surface area contributed by atoms with Gasteiger partial charge in [0, 0.05) is 25.2 Å². The second-order valence-corrected chi connectivity index (χ2v) is 18.5.